The van der Waals surface area contributed by atoms with E-state index in [0.717, 1.165) is 76.0 Å². The summed E-state index contributed by atoms with van der Waals surface area (Å²) in [7, 11) is 0. The maximum Gasteiger partial charge on any atom is 0.0737 e. The lowest BCUT2D eigenvalue weighted by Crippen LogP contribution is -1.89. The molecule has 2 aliphatic heterocycles. The predicted octanol–water partition coefficient (Wildman–Crippen LogP) is 9.51. The van der Waals surface area contributed by atoms with Crippen molar-refractivity contribution in [2.75, 3.05) is 0 Å². The van der Waals surface area contributed by atoms with E-state index in [4.69, 9.17) is 9.97 Å². The monoisotopic (exact) mass is 618 g/mol. The lowest BCUT2D eigenvalue weighted by Gasteiger charge is -2.05. The van der Waals surface area contributed by atoms with Gasteiger partial charge < -0.3 is 9.97 Å². The van der Waals surface area contributed by atoms with E-state index in [-0.39, 0.29) is 0 Å². The van der Waals surface area contributed by atoms with Crippen LogP contribution in [0.25, 0.3) is 68.6 Å². The molecule has 5 aromatic rings. The average Bonchev–Trinajstić information content (AvgIpc) is 3.70. The van der Waals surface area contributed by atoms with E-state index >= 15 is 0 Å². The van der Waals surface area contributed by atoms with Gasteiger partial charge in [0.15, 0.2) is 0 Å². The minimum atomic E-state index is 0.887. The van der Waals surface area contributed by atoms with E-state index in [1.807, 2.05) is 18.2 Å². The van der Waals surface area contributed by atoms with Gasteiger partial charge in [-0.05, 0) is 96.1 Å². The second-order valence-corrected chi connectivity index (χ2v) is 11.1. The van der Waals surface area contributed by atoms with Gasteiger partial charge in [0.05, 0.1) is 22.8 Å². The van der Waals surface area contributed by atoms with Gasteiger partial charge in [-0.2, -0.15) is 0 Å². The molecule has 0 atom stereocenters. The van der Waals surface area contributed by atoms with Gasteiger partial charge in [0.1, 0.15) is 0 Å². The van der Waals surface area contributed by atoms with Crippen LogP contribution < -0.4 is 0 Å². The summed E-state index contributed by atoms with van der Waals surface area (Å²) in [5, 5.41) is 0. The van der Waals surface area contributed by atoms with Crippen LogP contribution in [0.3, 0.4) is 0 Å². The van der Waals surface area contributed by atoms with Crippen LogP contribution in [0, 0.1) is 0 Å². The molecule has 2 aromatic carbocycles. The number of fused-ring (bicyclic) bond motifs is 8. The molecule has 38 heavy (non-hydrogen) atoms. The van der Waals surface area contributed by atoms with Crippen LogP contribution in [0.2, 0.25) is 0 Å². The number of H-pyrrole nitrogens is 2. The molecule has 3 aromatic heterocycles. The normalized spacial score (nSPS) is 12.3. The Balaban J connectivity index is 1.57. The second-order valence-electron chi connectivity index (χ2n) is 9.22. The molecule has 0 amide bonds. The highest BCUT2D eigenvalue weighted by Crippen LogP contribution is 2.33. The summed E-state index contributed by atoms with van der Waals surface area (Å²) < 4.78 is 2.05. The Hall–Kier alpha value is -4.00. The van der Waals surface area contributed by atoms with Gasteiger partial charge >= 0.3 is 0 Å². The number of hydrogen-bond donors (Lipinski definition) is 2. The fraction of sp³-hybridized carbons (Fsp3) is 0. The van der Waals surface area contributed by atoms with E-state index in [0.29, 0.717) is 0 Å². The zero-order valence-electron chi connectivity index (χ0n) is 20.0. The van der Waals surface area contributed by atoms with Crippen LogP contribution in [-0.4, -0.2) is 19.9 Å². The molecule has 0 saturated carbocycles. The smallest absolute Gasteiger partial charge is 0.0737 e. The lowest BCUT2D eigenvalue weighted by atomic mass is 10.0. The minimum absolute atomic E-state index is 0.887. The van der Waals surface area contributed by atoms with Gasteiger partial charge in [-0.15, -0.1) is 0 Å². The molecular weight excluding hydrogens is 600 g/mol. The Kier molecular flexibility index (Phi) is 5.72. The Morgan fingerprint density at radius 2 is 1.00 bits per heavy atom. The van der Waals surface area contributed by atoms with E-state index in [9.17, 15) is 0 Å². The van der Waals surface area contributed by atoms with Crippen molar-refractivity contribution in [3.63, 3.8) is 0 Å². The van der Waals surface area contributed by atoms with Crippen LogP contribution in [0.15, 0.2) is 93.9 Å². The zero-order chi connectivity index (χ0) is 25.6. The number of halogens is 2. The van der Waals surface area contributed by atoms with Gasteiger partial charge in [-0.1, -0.05) is 56.1 Å². The van der Waals surface area contributed by atoms with E-state index < -0.39 is 0 Å². The summed E-state index contributed by atoms with van der Waals surface area (Å²) in [6.45, 7) is 0. The molecule has 2 aliphatic rings. The SMILES string of the molecule is Brc1cccc(-c2c3nc(cc4ccc([nH]4)c(-c4cccc(Br)c4)c4ccc(cc5nc2C=C5)[nH]4)C=C3)c1. The Bertz CT molecular complexity index is 1870. The fourth-order valence-electron chi connectivity index (χ4n) is 4.97. The molecule has 0 radical (unpaired) electrons. The van der Waals surface area contributed by atoms with Gasteiger partial charge in [-0.3, -0.25) is 0 Å². The fourth-order valence-corrected chi connectivity index (χ4v) is 5.77. The first-order valence-electron chi connectivity index (χ1n) is 12.2. The van der Waals surface area contributed by atoms with Crippen molar-refractivity contribution in [1.29, 1.82) is 0 Å². The summed E-state index contributed by atoms with van der Waals surface area (Å²) in [6.07, 6.45) is 8.24. The van der Waals surface area contributed by atoms with Crippen molar-refractivity contribution in [3.05, 3.63) is 117 Å². The molecular formula is C32H20Br2N4. The van der Waals surface area contributed by atoms with E-state index in [1.165, 1.54) is 0 Å². The van der Waals surface area contributed by atoms with E-state index in [1.54, 1.807) is 0 Å². The second kappa shape index (κ2) is 9.39. The molecule has 8 bridgehead atoms. The first-order valence-corrected chi connectivity index (χ1v) is 13.8. The maximum atomic E-state index is 5.00. The molecule has 7 rings (SSSR count). The largest absolute Gasteiger partial charge is 0.355 e. The van der Waals surface area contributed by atoms with Crippen molar-refractivity contribution < 1.29 is 0 Å². The molecule has 0 unspecified atom stereocenters. The molecule has 2 N–H and O–H groups in total. The highest BCUT2D eigenvalue weighted by molar-refractivity contribution is 9.10. The van der Waals surface area contributed by atoms with Crippen LogP contribution in [0.4, 0.5) is 0 Å². The standard InChI is InChI=1S/C32H20Br2N4/c33-21-5-1-3-19(15-21)31-27-11-7-23(35-27)17-25-9-13-29(37-25)32(20-4-2-6-22(34)16-20)30-14-10-26(38-30)18-24-8-12-28(31)36-24/h1-18,35-36H. The summed E-state index contributed by atoms with van der Waals surface area (Å²) in [4.78, 5) is 17.2. The quantitative estimate of drug-likeness (QED) is 0.202. The number of nitrogens with zero attached hydrogens (tertiary/aromatic N) is 2. The highest BCUT2D eigenvalue weighted by Gasteiger charge is 2.14. The van der Waals surface area contributed by atoms with Crippen LogP contribution >= 0.6 is 31.9 Å². The van der Waals surface area contributed by atoms with Crippen molar-refractivity contribution in [2.24, 2.45) is 0 Å². The lowest BCUT2D eigenvalue weighted by molar-refractivity contribution is 1.27. The number of benzene rings is 2. The third-order valence-corrected chi connectivity index (χ3v) is 7.61. The summed E-state index contributed by atoms with van der Waals surface area (Å²) in [5.74, 6) is 0. The van der Waals surface area contributed by atoms with Crippen LogP contribution in [-0.2, 0) is 0 Å². The van der Waals surface area contributed by atoms with Crippen molar-refractivity contribution >= 4 is 78.2 Å². The summed E-state index contributed by atoms with van der Waals surface area (Å²) in [5.41, 5.74) is 11.8. The minimum Gasteiger partial charge on any atom is -0.355 e. The zero-order valence-corrected chi connectivity index (χ0v) is 23.2. The maximum absolute atomic E-state index is 5.00. The van der Waals surface area contributed by atoms with Crippen LogP contribution in [0.1, 0.15) is 22.8 Å². The predicted molar refractivity (Wildman–Crippen MR) is 165 cm³/mol. The number of hydrogen-bond acceptors (Lipinski definition) is 2. The topological polar surface area (TPSA) is 57.4 Å². The van der Waals surface area contributed by atoms with Gasteiger partial charge in [0.25, 0.3) is 0 Å². The Morgan fingerprint density at radius 3 is 1.50 bits per heavy atom. The molecule has 182 valence electrons. The molecule has 0 saturated heterocycles. The first kappa shape index (κ1) is 23.1. The number of aromatic amines is 2. The number of nitrogens with one attached hydrogen (secondary N) is 2. The van der Waals surface area contributed by atoms with Crippen LogP contribution in [0.5, 0.6) is 0 Å². The molecule has 6 heteroatoms. The summed E-state index contributed by atoms with van der Waals surface area (Å²) in [6, 6.07) is 29.2. The number of rotatable bonds is 2. The third-order valence-electron chi connectivity index (χ3n) is 6.62. The molecule has 4 nitrogen and oxygen atoms in total. The molecule has 0 spiro atoms. The van der Waals surface area contributed by atoms with Gasteiger partial charge in [0, 0.05) is 42.1 Å². The third kappa shape index (κ3) is 4.36. The molecule has 5 heterocycles. The highest BCUT2D eigenvalue weighted by atomic mass is 79.9. The molecule has 0 aliphatic carbocycles. The first-order chi connectivity index (χ1) is 18.6. The van der Waals surface area contributed by atoms with Crippen molar-refractivity contribution in [3.8, 4) is 22.3 Å². The van der Waals surface area contributed by atoms with Gasteiger partial charge in [-0.25, -0.2) is 9.97 Å². The van der Waals surface area contributed by atoms with Gasteiger partial charge in [0.2, 0.25) is 0 Å². The summed E-state index contributed by atoms with van der Waals surface area (Å²) >= 11 is 7.26. The number of aromatic nitrogens is 4. The molecule has 0 fully saturated rings. The van der Waals surface area contributed by atoms with E-state index in [2.05, 4.69) is 133 Å². The average molecular weight is 620 g/mol. The van der Waals surface area contributed by atoms with Crippen molar-refractivity contribution in [1.82, 2.24) is 19.9 Å². The Labute approximate surface area is 236 Å². The van der Waals surface area contributed by atoms with Crippen molar-refractivity contribution in [2.45, 2.75) is 0 Å². The Morgan fingerprint density at radius 1 is 0.500 bits per heavy atom.